The molecule has 0 spiro atoms. The van der Waals surface area contributed by atoms with E-state index in [1.54, 1.807) is 0 Å². The van der Waals surface area contributed by atoms with Gasteiger partial charge in [-0.2, -0.15) is 8.42 Å². The highest BCUT2D eigenvalue weighted by Gasteiger charge is 2.06. The second-order valence-electron chi connectivity index (χ2n) is 5.86. The SMILES string of the molecule is CC=C(C)C=CC=C(C)CCC=C(C)C.O=C1C=CC(=O)N1.O=S(=O)(O)O. The van der Waals surface area contributed by atoms with Gasteiger partial charge in [0.25, 0.3) is 11.8 Å². The zero-order chi connectivity index (χ0) is 21.5. The largest absolute Gasteiger partial charge is 0.394 e. The number of allylic oxidation sites excluding steroid dienone is 8. The van der Waals surface area contributed by atoms with Crippen molar-refractivity contribution in [3.8, 4) is 0 Å². The first kappa shape index (κ1) is 26.9. The van der Waals surface area contributed by atoms with Crippen LogP contribution in [0.25, 0.3) is 0 Å². The van der Waals surface area contributed by atoms with Gasteiger partial charge in [-0.3, -0.25) is 24.0 Å². The summed E-state index contributed by atoms with van der Waals surface area (Å²) in [4.78, 5) is 20.1. The summed E-state index contributed by atoms with van der Waals surface area (Å²) in [6, 6.07) is 0. The molecule has 0 aromatic heterocycles. The Kier molecular flexibility index (Phi) is 14.8. The van der Waals surface area contributed by atoms with Crippen LogP contribution in [0.15, 0.2) is 59.3 Å². The van der Waals surface area contributed by atoms with Gasteiger partial charge in [-0.15, -0.1) is 0 Å². The lowest BCUT2D eigenvalue weighted by Crippen LogP contribution is -2.19. The lowest BCUT2D eigenvalue weighted by Gasteiger charge is -1.96. The first-order chi connectivity index (χ1) is 12.3. The van der Waals surface area contributed by atoms with Gasteiger partial charge in [-0.1, -0.05) is 47.1 Å². The molecular formula is C19H29NO6S. The van der Waals surface area contributed by atoms with Crippen LogP contribution in [-0.2, 0) is 20.0 Å². The van der Waals surface area contributed by atoms with Crippen molar-refractivity contribution in [2.45, 2.75) is 47.5 Å². The predicted octanol–water partition coefficient (Wildman–Crippen LogP) is 3.75. The Morgan fingerprint density at radius 1 is 1.07 bits per heavy atom. The molecule has 1 heterocycles. The van der Waals surface area contributed by atoms with E-state index in [1.165, 1.54) is 28.9 Å². The maximum absolute atomic E-state index is 10.0. The number of carbonyl (C=O) groups excluding carboxylic acids is 2. The van der Waals surface area contributed by atoms with E-state index in [2.05, 4.69) is 65.0 Å². The van der Waals surface area contributed by atoms with Crippen LogP contribution in [0.1, 0.15) is 47.5 Å². The van der Waals surface area contributed by atoms with Gasteiger partial charge in [0.15, 0.2) is 0 Å². The van der Waals surface area contributed by atoms with Gasteiger partial charge in [-0.25, -0.2) is 0 Å². The second kappa shape index (κ2) is 14.8. The molecule has 0 aliphatic carbocycles. The molecule has 0 saturated carbocycles. The highest BCUT2D eigenvalue weighted by Crippen LogP contribution is 2.07. The van der Waals surface area contributed by atoms with Crippen molar-refractivity contribution in [2.24, 2.45) is 0 Å². The summed E-state index contributed by atoms with van der Waals surface area (Å²) in [7, 11) is -4.67. The zero-order valence-electron chi connectivity index (χ0n) is 16.4. The van der Waals surface area contributed by atoms with Crippen LogP contribution in [-0.4, -0.2) is 29.3 Å². The molecule has 8 heteroatoms. The van der Waals surface area contributed by atoms with Crippen LogP contribution in [0, 0.1) is 0 Å². The van der Waals surface area contributed by atoms with Gasteiger partial charge in [0.2, 0.25) is 0 Å². The second-order valence-corrected chi connectivity index (χ2v) is 6.76. The molecule has 0 bridgehead atoms. The highest BCUT2D eigenvalue weighted by atomic mass is 32.3. The van der Waals surface area contributed by atoms with Gasteiger partial charge in [0.1, 0.15) is 0 Å². The maximum Gasteiger partial charge on any atom is 0.394 e. The van der Waals surface area contributed by atoms with E-state index in [0.29, 0.717) is 0 Å². The summed E-state index contributed by atoms with van der Waals surface area (Å²) in [5.41, 5.74) is 4.15. The van der Waals surface area contributed by atoms with Gasteiger partial charge in [0.05, 0.1) is 0 Å². The molecule has 7 nitrogen and oxygen atoms in total. The Bertz CT molecular complexity index is 712. The first-order valence-corrected chi connectivity index (χ1v) is 9.57. The lowest BCUT2D eigenvalue weighted by molar-refractivity contribution is -0.123. The van der Waals surface area contributed by atoms with E-state index in [0.717, 1.165) is 12.8 Å². The average molecular weight is 400 g/mol. The molecule has 3 N–H and O–H groups in total. The van der Waals surface area contributed by atoms with Crippen molar-refractivity contribution >= 4 is 22.2 Å². The lowest BCUT2D eigenvalue weighted by atomic mass is 10.1. The molecule has 1 aliphatic rings. The minimum absolute atomic E-state index is 0.329. The van der Waals surface area contributed by atoms with Crippen LogP contribution < -0.4 is 5.32 Å². The Balaban J connectivity index is 0. The predicted molar refractivity (Wildman–Crippen MR) is 107 cm³/mol. The van der Waals surface area contributed by atoms with Gasteiger partial charge < -0.3 is 0 Å². The molecule has 1 aliphatic heterocycles. The van der Waals surface area contributed by atoms with Crippen molar-refractivity contribution in [3.63, 3.8) is 0 Å². The van der Waals surface area contributed by atoms with Crippen molar-refractivity contribution < 1.29 is 27.1 Å². The number of hydrogen-bond acceptors (Lipinski definition) is 4. The fraction of sp³-hybridized carbons (Fsp3) is 0.368. The van der Waals surface area contributed by atoms with E-state index in [4.69, 9.17) is 17.5 Å². The topological polar surface area (TPSA) is 121 Å². The third-order valence-electron chi connectivity index (χ3n) is 2.92. The smallest absolute Gasteiger partial charge is 0.289 e. The first-order valence-electron chi connectivity index (χ1n) is 8.18. The Morgan fingerprint density at radius 2 is 1.56 bits per heavy atom. The summed E-state index contributed by atoms with van der Waals surface area (Å²) in [5.74, 6) is -0.657. The Hall–Kier alpha value is -2.29. The van der Waals surface area contributed by atoms with E-state index in [-0.39, 0.29) is 11.8 Å². The number of carbonyl (C=O) groups is 2. The van der Waals surface area contributed by atoms with E-state index in [1.807, 2.05) is 5.32 Å². The Labute approximate surface area is 161 Å². The molecule has 152 valence electrons. The minimum Gasteiger partial charge on any atom is -0.289 e. The molecule has 1 rings (SSSR count). The summed E-state index contributed by atoms with van der Waals surface area (Å²) in [6.45, 7) is 10.7. The normalized spacial score (nSPS) is 14.2. The standard InChI is InChI=1S/C15H24.C4H3NO2.H2O4S/c1-6-14(4)10-8-12-15(5)11-7-9-13(2)3;6-3-1-2-4(7)5-3;1-5(2,3)4/h6,8-10,12H,7,11H2,1-5H3;1-2H,(H,5,6,7);(H2,1,2,3,4). The summed E-state index contributed by atoms with van der Waals surface area (Å²) < 4.78 is 31.6. The van der Waals surface area contributed by atoms with Crippen molar-refractivity contribution in [1.29, 1.82) is 0 Å². The molecule has 0 unspecified atom stereocenters. The van der Waals surface area contributed by atoms with Crippen molar-refractivity contribution in [2.75, 3.05) is 0 Å². The zero-order valence-corrected chi connectivity index (χ0v) is 17.2. The number of rotatable bonds is 5. The molecule has 27 heavy (non-hydrogen) atoms. The van der Waals surface area contributed by atoms with Crippen LogP contribution in [0.5, 0.6) is 0 Å². The summed E-state index contributed by atoms with van der Waals surface area (Å²) in [6.07, 6.45) is 15.6. The molecule has 0 aromatic carbocycles. The number of imide groups is 1. The Morgan fingerprint density at radius 3 is 1.89 bits per heavy atom. The third kappa shape index (κ3) is 26.1. The average Bonchev–Trinajstić information content (AvgIpc) is 2.89. The number of hydrogen-bond donors (Lipinski definition) is 3. The number of nitrogens with one attached hydrogen (secondary N) is 1. The molecule has 0 atom stereocenters. The van der Waals surface area contributed by atoms with Gasteiger partial charge in [-0.05, 0) is 47.5 Å². The molecular weight excluding hydrogens is 370 g/mol. The molecule has 0 radical (unpaired) electrons. The van der Waals surface area contributed by atoms with Crippen LogP contribution in [0.2, 0.25) is 0 Å². The van der Waals surface area contributed by atoms with Crippen molar-refractivity contribution in [1.82, 2.24) is 5.32 Å². The summed E-state index contributed by atoms with van der Waals surface area (Å²) >= 11 is 0. The quantitative estimate of drug-likeness (QED) is 0.280. The number of amides is 2. The van der Waals surface area contributed by atoms with Gasteiger partial charge >= 0.3 is 10.4 Å². The van der Waals surface area contributed by atoms with Crippen LogP contribution in [0.3, 0.4) is 0 Å². The van der Waals surface area contributed by atoms with Gasteiger partial charge in [0, 0.05) is 12.2 Å². The molecule has 2 amide bonds. The molecule has 0 aromatic rings. The maximum atomic E-state index is 10.0. The monoisotopic (exact) mass is 399 g/mol. The van der Waals surface area contributed by atoms with E-state index >= 15 is 0 Å². The van der Waals surface area contributed by atoms with E-state index in [9.17, 15) is 9.59 Å². The van der Waals surface area contributed by atoms with E-state index < -0.39 is 10.4 Å². The minimum atomic E-state index is -4.67. The fourth-order valence-corrected chi connectivity index (χ4v) is 1.49. The van der Waals surface area contributed by atoms with Crippen LogP contribution >= 0.6 is 0 Å². The molecule has 0 fully saturated rings. The molecule has 0 saturated heterocycles. The highest BCUT2D eigenvalue weighted by molar-refractivity contribution is 7.79. The third-order valence-corrected chi connectivity index (χ3v) is 2.92. The van der Waals surface area contributed by atoms with Crippen LogP contribution in [0.4, 0.5) is 0 Å². The summed E-state index contributed by atoms with van der Waals surface area (Å²) in [5, 5.41) is 2.03. The van der Waals surface area contributed by atoms with Crippen molar-refractivity contribution in [3.05, 3.63) is 59.3 Å². The fourth-order valence-electron chi connectivity index (χ4n) is 1.49.